The quantitative estimate of drug-likeness (QED) is 0.734. The molecule has 0 unspecified atom stereocenters. The van der Waals surface area contributed by atoms with E-state index in [1.807, 2.05) is 0 Å². The maximum atomic E-state index is 11.9. The summed E-state index contributed by atoms with van der Waals surface area (Å²) >= 11 is 0. The van der Waals surface area contributed by atoms with Gasteiger partial charge in [0.15, 0.2) is 0 Å². The molecule has 1 aromatic heterocycles. The smallest absolute Gasteiger partial charge is 0.423 e. The third-order valence-corrected chi connectivity index (χ3v) is 2.99. The molecule has 5 nitrogen and oxygen atoms in total. The Labute approximate surface area is 111 Å². The van der Waals surface area contributed by atoms with E-state index in [0.717, 1.165) is 0 Å². The molecule has 2 rings (SSSR count). The number of benzene rings is 1. The van der Waals surface area contributed by atoms with Crippen LogP contribution < -0.4 is 11.0 Å². The topological polar surface area (TPSA) is 75.4 Å². The molecule has 0 aliphatic rings. The van der Waals surface area contributed by atoms with Gasteiger partial charge in [0.2, 0.25) is 0 Å². The number of nitrogens with zero attached hydrogens (tertiary/aromatic N) is 2. The van der Waals surface area contributed by atoms with Crippen molar-refractivity contribution in [3.05, 3.63) is 57.8 Å². The minimum absolute atomic E-state index is 0.146. The lowest BCUT2D eigenvalue weighted by molar-refractivity contribution is 0.425. The second-order valence-electron chi connectivity index (χ2n) is 4.44. The summed E-state index contributed by atoms with van der Waals surface area (Å²) in [6.07, 6.45) is 0. The van der Waals surface area contributed by atoms with Gasteiger partial charge in [0.1, 0.15) is 5.82 Å². The molecule has 0 saturated carbocycles. The van der Waals surface area contributed by atoms with Gasteiger partial charge in [-0.3, -0.25) is 9.36 Å². The third-order valence-electron chi connectivity index (χ3n) is 2.99. The molecule has 0 amide bonds. The number of aromatic nitrogens is 2. The fourth-order valence-electron chi connectivity index (χ4n) is 2.06. The highest BCUT2D eigenvalue weighted by molar-refractivity contribution is 6.59. The maximum absolute atomic E-state index is 11.9. The van der Waals surface area contributed by atoms with E-state index in [2.05, 4.69) is 4.98 Å². The van der Waals surface area contributed by atoms with Crippen molar-refractivity contribution in [3.63, 3.8) is 0 Å². The molecule has 1 heterocycles. The Morgan fingerprint density at radius 2 is 1.95 bits per heavy atom. The summed E-state index contributed by atoms with van der Waals surface area (Å²) in [5, 5.41) is 18.6. The first-order valence-corrected chi connectivity index (χ1v) is 5.98. The van der Waals surface area contributed by atoms with Crippen LogP contribution in [-0.4, -0.2) is 26.7 Å². The lowest BCUT2D eigenvalue weighted by Gasteiger charge is -2.13. The first-order chi connectivity index (χ1) is 8.99. The molecule has 2 aromatic rings. The Balaban J connectivity index is 2.45. The van der Waals surface area contributed by atoms with Crippen LogP contribution in [0.2, 0.25) is 0 Å². The highest BCUT2D eigenvalue weighted by Crippen LogP contribution is 2.02. The molecular formula is C13H15BN2O3. The van der Waals surface area contributed by atoms with Crippen LogP contribution in [0.4, 0.5) is 0 Å². The normalized spacial score (nSPS) is 10.5. The van der Waals surface area contributed by atoms with E-state index < -0.39 is 7.12 Å². The van der Waals surface area contributed by atoms with Gasteiger partial charge in [-0.05, 0) is 24.9 Å². The monoisotopic (exact) mass is 258 g/mol. The summed E-state index contributed by atoms with van der Waals surface area (Å²) in [6.45, 7) is 3.79. The van der Waals surface area contributed by atoms with E-state index in [4.69, 9.17) is 0 Å². The molecule has 0 spiro atoms. The highest BCUT2D eigenvalue weighted by Gasteiger charge is 2.16. The van der Waals surface area contributed by atoms with Gasteiger partial charge >= 0.3 is 7.12 Å². The summed E-state index contributed by atoms with van der Waals surface area (Å²) in [4.78, 5) is 16.2. The summed E-state index contributed by atoms with van der Waals surface area (Å²) in [6, 6.07) is 8.37. The van der Waals surface area contributed by atoms with Gasteiger partial charge in [-0.15, -0.1) is 0 Å². The Hall–Kier alpha value is -1.92. The van der Waals surface area contributed by atoms with Crippen LogP contribution in [0.15, 0.2) is 35.1 Å². The van der Waals surface area contributed by atoms with Crippen LogP contribution >= 0.6 is 0 Å². The zero-order valence-corrected chi connectivity index (χ0v) is 10.9. The van der Waals surface area contributed by atoms with E-state index in [0.29, 0.717) is 22.5 Å². The van der Waals surface area contributed by atoms with Crippen LogP contribution in [0.25, 0.3) is 0 Å². The van der Waals surface area contributed by atoms with E-state index >= 15 is 0 Å². The Bertz CT molecular complexity index is 653. The van der Waals surface area contributed by atoms with Gasteiger partial charge in [0, 0.05) is 11.8 Å². The molecule has 0 aliphatic carbocycles. The summed E-state index contributed by atoms with van der Waals surface area (Å²) < 4.78 is 1.51. The minimum atomic E-state index is -1.55. The minimum Gasteiger partial charge on any atom is -0.423 e. The van der Waals surface area contributed by atoms with Crippen LogP contribution in [0.1, 0.15) is 17.1 Å². The van der Waals surface area contributed by atoms with Crippen molar-refractivity contribution in [3.8, 4) is 0 Å². The standard InChI is InChI=1S/C13H15BN2O3/c1-9-7-13(17)16(10(2)15-9)8-11-5-3-4-6-12(11)14(18)19/h3-7,18-19H,8H2,1-2H3. The largest absolute Gasteiger partial charge is 0.488 e. The molecule has 0 aliphatic heterocycles. The van der Waals surface area contributed by atoms with Crippen molar-refractivity contribution in [1.29, 1.82) is 0 Å². The van der Waals surface area contributed by atoms with Gasteiger partial charge < -0.3 is 10.0 Å². The first-order valence-electron chi connectivity index (χ1n) is 5.98. The van der Waals surface area contributed by atoms with E-state index in [1.54, 1.807) is 38.1 Å². The van der Waals surface area contributed by atoms with Gasteiger partial charge in [-0.1, -0.05) is 24.3 Å². The maximum Gasteiger partial charge on any atom is 0.488 e. The van der Waals surface area contributed by atoms with Crippen molar-refractivity contribution in [1.82, 2.24) is 9.55 Å². The zero-order chi connectivity index (χ0) is 14.0. The Morgan fingerprint density at radius 3 is 2.58 bits per heavy atom. The van der Waals surface area contributed by atoms with Crippen molar-refractivity contribution < 1.29 is 10.0 Å². The molecule has 1 aromatic carbocycles. The van der Waals surface area contributed by atoms with Gasteiger partial charge in [-0.2, -0.15) is 0 Å². The number of rotatable bonds is 3. The van der Waals surface area contributed by atoms with Crippen molar-refractivity contribution in [2.75, 3.05) is 0 Å². The molecule has 6 heteroatoms. The SMILES string of the molecule is Cc1cc(=O)n(Cc2ccccc2B(O)O)c(C)n1. The average molecular weight is 258 g/mol. The Morgan fingerprint density at radius 1 is 1.26 bits per heavy atom. The fourth-order valence-corrected chi connectivity index (χ4v) is 2.06. The third kappa shape index (κ3) is 2.92. The van der Waals surface area contributed by atoms with Crippen LogP contribution in [-0.2, 0) is 6.54 Å². The molecular weight excluding hydrogens is 243 g/mol. The zero-order valence-electron chi connectivity index (χ0n) is 10.9. The molecule has 19 heavy (non-hydrogen) atoms. The summed E-state index contributed by atoms with van der Waals surface area (Å²) in [5.74, 6) is 0.604. The molecule has 0 fully saturated rings. The van der Waals surface area contributed by atoms with Crippen LogP contribution in [0.3, 0.4) is 0 Å². The van der Waals surface area contributed by atoms with Crippen molar-refractivity contribution >= 4 is 12.6 Å². The second kappa shape index (κ2) is 5.38. The van der Waals surface area contributed by atoms with Crippen molar-refractivity contribution in [2.24, 2.45) is 0 Å². The van der Waals surface area contributed by atoms with Crippen LogP contribution in [0, 0.1) is 13.8 Å². The molecule has 2 N–H and O–H groups in total. The highest BCUT2D eigenvalue weighted by atomic mass is 16.4. The fraction of sp³-hybridized carbons (Fsp3) is 0.231. The first kappa shape index (κ1) is 13.5. The van der Waals surface area contributed by atoms with Gasteiger partial charge in [0.05, 0.1) is 6.54 Å². The number of aryl methyl sites for hydroxylation is 2. The lowest BCUT2D eigenvalue weighted by atomic mass is 9.77. The molecule has 0 saturated heterocycles. The van der Waals surface area contributed by atoms with Crippen LogP contribution in [0.5, 0.6) is 0 Å². The van der Waals surface area contributed by atoms with Gasteiger partial charge in [0.25, 0.3) is 5.56 Å². The van der Waals surface area contributed by atoms with E-state index in [9.17, 15) is 14.8 Å². The molecule has 0 radical (unpaired) electrons. The van der Waals surface area contributed by atoms with Crippen molar-refractivity contribution in [2.45, 2.75) is 20.4 Å². The molecule has 0 atom stereocenters. The number of hydrogen-bond acceptors (Lipinski definition) is 4. The second-order valence-corrected chi connectivity index (χ2v) is 4.44. The Kier molecular flexibility index (Phi) is 3.83. The predicted octanol–water partition coefficient (Wildman–Crippen LogP) is -0.412. The molecule has 0 bridgehead atoms. The number of hydrogen-bond donors (Lipinski definition) is 2. The predicted molar refractivity (Wildman–Crippen MR) is 73.3 cm³/mol. The summed E-state index contributed by atoms with van der Waals surface area (Å²) in [5.41, 5.74) is 1.61. The summed E-state index contributed by atoms with van der Waals surface area (Å²) in [7, 11) is -1.55. The lowest BCUT2D eigenvalue weighted by Crippen LogP contribution is -2.35. The average Bonchev–Trinajstić information content (AvgIpc) is 2.34. The van der Waals surface area contributed by atoms with Gasteiger partial charge in [-0.25, -0.2) is 4.98 Å². The molecule has 98 valence electrons. The van der Waals surface area contributed by atoms with E-state index in [1.165, 1.54) is 10.6 Å². The van der Waals surface area contributed by atoms with E-state index in [-0.39, 0.29) is 12.1 Å².